The zero-order valence-corrected chi connectivity index (χ0v) is 14.3. The van der Waals surface area contributed by atoms with Crippen molar-refractivity contribution in [2.24, 2.45) is 0 Å². The highest BCUT2D eigenvalue weighted by Gasteiger charge is 2.35. The second-order valence-corrected chi connectivity index (χ2v) is 7.87. The van der Waals surface area contributed by atoms with E-state index in [1.165, 1.54) is 54.0 Å². The molecule has 2 atom stereocenters. The monoisotopic (exact) mass is 324 g/mol. The first-order valence-electron chi connectivity index (χ1n) is 8.69. The maximum Gasteiger partial charge on any atom is 0.0351 e. The van der Waals surface area contributed by atoms with Crippen molar-refractivity contribution in [3.8, 4) is 0 Å². The van der Waals surface area contributed by atoms with Crippen LogP contribution in [-0.2, 0) is 0 Å². The first-order valence-corrected chi connectivity index (χ1v) is 9.50. The van der Waals surface area contributed by atoms with Crippen LogP contribution in [-0.4, -0.2) is 17.5 Å². The van der Waals surface area contributed by atoms with Crippen LogP contribution in [0.15, 0.2) is 58.3 Å². The number of rotatable bonds is 3. The lowest BCUT2D eigenvalue weighted by atomic mass is 10.0. The molecule has 0 aliphatic carbocycles. The number of hydrogen-bond donors (Lipinski definition) is 1. The van der Waals surface area contributed by atoms with Gasteiger partial charge in [0.1, 0.15) is 0 Å². The third kappa shape index (κ3) is 3.26. The minimum Gasteiger partial charge on any atom is -0.399 e. The molecule has 0 amide bonds. The van der Waals surface area contributed by atoms with Crippen LogP contribution in [0.1, 0.15) is 43.7 Å². The first kappa shape index (κ1) is 15.1. The van der Waals surface area contributed by atoms with Gasteiger partial charge in [0.05, 0.1) is 0 Å². The fourth-order valence-electron chi connectivity index (χ4n) is 4.05. The van der Waals surface area contributed by atoms with Crippen molar-refractivity contribution >= 4 is 17.4 Å². The van der Waals surface area contributed by atoms with Gasteiger partial charge >= 0.3 is 0 Å². The SMILES string of the molecule is Nc1ccc(Sc2ccc([C@H]3CC[C@H]4CCCCN43)cc2)cc1. The summed E-state index contributed by atoms with van der Waals surface area (Å²) in [5, 5.41) is 0. The Morgan fingerprint density at radius 3 is 2.26 bits per heavy atom. The van der Waals surface area contributed by atoms with E-state index in [2.05, 4.69) is 41.3 Å². The van der Waals surface area contributed by atoms with E-state index >= 15 is 0 Å². The molecular formula is C20H24N2S. The van der Waals surface area contributed by atoms with Gasteiger partial charge in [-0.1, -0.05) is 30.3 Å². The molecule has 2 aliphatic heterocycles. The third-order valence-electron chi connectivity index (χ3n) is 5.23. The molecule has 120 valence electrons. The Labute approximate surface area is 143 Å². The van der Waals surface area contributed by atoms with E-state index in [1.807, 2.05) is 12.1 Å². The van der Waals surface area contributed by atoms with Crippen LogP contribution in [0.4, 0.5) is 5.69 Å². The van der Waals surface area contributed by atoms with Gasteiger partial charge < -0.3 is 5.73 Å². The smallest absolute Gasteiger partial charge is 0.0351 e. The summed E-state index contributed by atoms with van der Waals surface area (Å²) in [6.45, 7) is 1.29. The number of anilines is 1. The van der Waals surface area contributed by atoms with Gasteiger partial charge in [-0.05, 0) is 74.2 Å². The van der Waals surface area contributed by atoms with Crippen LogP contribution < -0.4 is 5.73 Å². The zero-order valence-electron chi connectivity index (χ0n) is 13.4. The van der Waals surface area contributed by atoms with Gasteiger partial charge in [-0.15, -0.1) is 0 Å². The highest BCUT2D eigenvalue weighted by atomic mass is 32.2. The molecule has 3 heteroatoms. The van der Waals surface area contributed by atoms with E-state index in [9.17, 15) is 0 Å². The van der Waals surface area contributed by atoms with Gasteiger partial charge in [-0.2, -0.15) is 0 Å². The van der Waals surface area contributed by atoms with Gasteiger partial charge in [0.2, 0.25) is 0 Å². The molecule has 23 heavy (non-hydrogen) atoms. The summed E-state index contributed by atoms with van der Waals surface area (Å²) in [4.78, 5) is 5.29. The fourth-order valence-corrected chi connectivity index (χ4v) is 4.86. The van der Waals surface area contributed by atoms with E-state index in [0.717, 1.165) is 11.7 Å². The van der Waals surface area contributed by atoms with Crippen LogP contribution in [0.3, 0.4) is 0 Å². The predicted octanol–water partition coefficient (Wildman–Crippen LogP) is 5.11. The second kappa shape index (κ2) is 6.58. The number of nitrogens with zero attached hydrogens (tertiary/aromatic N) is 1. The van der Waals surface area contributed by atoms with Crippen molar-refractivity contribution in [1.29, 1.82) is 0 Å². The van der Waals surface area contributed by atoms with Gasteiger partial charge in [-0.25, -0.2) is 0 Å². The minimum atomic E-state index is 0.649. The molecule has 0 bridgehead atoms. The molecule has 2 saturated heterocycles. The second-order valence-electron chi connectivity index (χ2n) is 6.72. The summed E-state index contributed by atoms with van der Waals surface area (Å²) >= 11 is 1.80. The van der Waals surface area contributed by atoms with Crippen molar-refractivity contribution in [3.05, 3.63) is 54.1 Å². The molecule has 2 heterocycles. The van der Waals surface area contributed by atoms with Gasteiger partial charge in [0.15, 0.2) is 0 Å². The molecule has 2 nitrogen and oxygen atoms in total. The Bertz CT molecular complexity index is 650. The van der Waals surface area contributed by atoms with Crippen LogP contribution in [0.2, 0.25) is 0 Å². The lowest BCUT2D eigenvalue weighted by molar-refractivity contribution is 0.150. The molecule has 0 radical (unpaired) electrons. The average molecular weight is 324 g/mol. The topological polar surface area (TPSA) is 29.3 Å². The maximum absolute atomic E-state index is 5.75. The van der Waals surface area contributed by atoms with E-state index in [4.69, 9.17) is 5.73 Å². The fraction of sp³-hybridized carbons (Fsp3) is 0.400. The largest absolute Gasteiger partial charge is 0.399 e. The Morgan fingerprint density at radius 2 is 1.52 bits per heavy atom. The van der Waals surface area contributed by atoms with Crippen molar-refractivity contribution < 1.29 is 0 Å². The Hall–Kier alpha value is -1.45. The Kier molecular flexibility index (Phi) is 4.32. The molecule has 2 N–H and O–H groups in total. The Morgan fingerprint density at radius 1 is 0.826 bits per heavy atom. The summed E-state index contributed by atoms with van der Waals surface area (Å²) in [6, 6.07) is 18.8. The third-order valence-corrected chi connectivity index (χ3v) is 6.24. The van der Waals surface area contributed by atoms with Crippen LogP contribution in [0.25, 0.3) is 0 Å². The summed E-state index contributed by atoms with van der Waals surface area (Å²) in [5.74, 6) is 0. The number of hydrogen-bond acceptors (Lipinski definition) is 3. The number of benzene rings is 2. The highest BCUT2D eigenvalue weighted by Crippen LogP contribution is 2.40. The average Bonchev–Trinajstić information content (AvgIpc) is 3.02. The zero-order chi connectivity index (χ0) is 15.6. The van der Waals surface area contributed by atoms with E-state index in [0.29, 0.717) is 6.04 Å². The normalized spacial score (nSPS) is 24.5. The van der Waals surface area contributed by atoms with Crippen LogP contribution >= 0.6 is 11.8 Å². The summed E-state index contributed by atoms with van der Waals surface area (Å²) < 4.78 is 0. The molecule has 2 aromatic carbocycles. The number of fused-ring (bicyclic) bond motifs is 1. The van der Waals surface area contributed by atoms with Crippen LogP contribution in [0.5, 0.6) is 0 Å². The first-order chi connectivity index (χ1) is 11.3. The van der Waals surface area contributed by atoms with Gasteiger partial charge in [0.25, 0.3) is 0 Å². The van der Waals surface area contributed by atoms with Crippen molar-refractivity contribution in [2.45, 2.75) is 54.0 Å². The standard InChI is InChI=1S/C20H24N2S/c21-16-6-11-19(12-7-16)23-18-9-4-15(5-10-18)20-13-8-17-3-1-2-14-22(17)20/h4-7,9-12,17,20H,1-3,8,13-14,21H2/t17-,20-/m1/s1. The van der Waals surface area contributed by atoms with Gasteiger partial charge in [0, 0.05) is 27.6 Å². The molecule has 0 unspecified atom stereocenters. The highest BCUT2D eigenvalue weighted by molar-refractivity contribution is 7.99. The number of nitrogens with two attached hydrogens (primary N) is 1. The molecule has 2 fully saturated rings. The lowest BCUT2D eigenvalue weighted by Gasteiger charge is -2.34. The molecule has 2 aromatic rings. The minimum absolute atomic E-state index is 0.649. The predicted molar refractivity (Wildman–Crippen MR) is 97.7 cm³/mol. The maximum atomic E-state index is 5.75. The lowest BCUT2D eigenvalue weighted by Crippen LogP contribution is -2.35. The number of piperidine rings is 1. The van der Waals surface area contributed by atoms with E-state index < -0.39 is 0 Å². The van der Waals surface area contributed by atoms with Gasteiger partial charge in [-0.3, -0.25) is 4.90 Å². The summed E-state index contributed by atoms with van der Waals surface area (Å²) in [5.41, 5.74) is 8.07. The van der Waals surface area contributed by atoms with Crippen molar-refractivity contribution in [1.82, 2.24) is 4.90 Å². The number of nitrogen functional groups attached to an aromatic ring is 1. The molecule has 0 aromatic heterocycles. The van der Waals surface area contributed by atoms with Crippen LogP contribution in [0, 0.1) is 0 Å². The van der Waals surface area contributed by atoms with E-state index in [1.54, 1.807) is 11.8 Å². The summed E-state index contributed by atoms with van der Waals surface area (Å²) in [6.07, 6.45) is 6.91. The molecule has 0 saturated carbocycles. The quantitative estimate of drug-likeness (QED) is 0.796. The molecule has 2 aliphatic rings. The molecular weight excluding hydrogens is 300 g/mol. The van der Waals surface area contributed by atoms with E-state index in [-0.39, 0.29) is 0 Å². The molecule has 4 rings (SSSR count). The Balaban J connectivity index is 1.46. The van der Waals surface area contributed by atoms with Crippen molar-refractivity contribution in [2.75, 3.05) is 12.3 Å². The molecule has 0 spiro atoms. The summed E-state index contributed by atoms with van der Waals surface area (Å²) in [7, 11) is 0. The van der Waals surface area contributed by atoms with Crippen molar-refractivity contribution in [3.63, 3.8) is 0 Å².